The number of carbonyl (C=O) groups is 1. The monoisotopic (exact) mass is 203 g/mol. The maximum absolute atomic E-state index is 10.7. The van der Waals surface area contributed by atoms with Gasteiger partial charge in [0.15, 0.2) is 0 Å². The van der Waals surface area contributed by atoms with Gasteiger partial charge in [-0.15, -0.1) is 10.2 Å². The molecule has 2 aromatic rings. The fraction of sp³-hybridized carbons (Fsp3) is 0.100. The molecule has 5 nitrogen and oxygen atoms in total. The molecule has 0 aliphatic carbocycles. The van der Waals surface area contributed by atoms with Gasteiger partial charge in [-0.2, -0.15) is 0 Å². The van der Waals surface area contributed by atoms with Crippen LogP contribution in [0.25, 0.3) is 5.69 Å². The molecular weight excluding hydrogens is 194 g/mol. The number of aliphatic carboxylic acids is 1. The number of nitrogens with zero attached hydrogens (tertiary/aromatic N) is 3. The van der Waals surface area contributed by atoms with Crippen molar-refractivity contribution < 1.29 is 9.90 Å². The highest BCUT2D eigenvalue weighted by Gasteiger charge is 2.07. The van der Waals surface area contributed by atoms with Gasteiger partial charge in [-0.25, -0.2) is 0 Å². The number of para-hydroxylation sites is 1. The number of hydrogen-bond donors (Lipinski definition) is 1. The van der Waals surface area contributed by atoms with Crippen molar-refractivity contribution in [3.05, 3.63) is 42.5 Å². The van der Waals surface area contributed by atoms with E-state index in [0.717, 1.165) is 11.3 Å². The fourth-order valence-electron chi connectivity index (χ4n) is 1.40. The Morgan fingerprint density at radius 3 is 2.60 bits per heavy atom. The number of rotatable bonds is 3. The molecule has 0 unspecified atom stereocenters. The molecule has 1 N–H and O–H groups in total. The summed E-state index contributed by atoms with van der Waals surface area (Å²) < 4.78 is 1.69. The lowest BCUT2D eigenvalue weighted by Crippen LogP contribution is -2.04. The minimum Gasteiger partial charge on any atom is -0.481 e. The van der Waals surface area contributed by atoms with Crippen LogP contribution < -0.4 is 0 Å². The van der Waals surface area contributed by atoms with E-state index in [0.29, 0.717) is 0 Å². The third kappa shape index (κ3) is 2.01. The summed E-state index contributed by atoms with van der Waals surface area (Å²) in [7, 11) is 0. The zero-order valence-electron chi connectivity index (χ0n) is 7.87. The van der Waals surface area contributed by atoms with E-state index in [-0.39, 0.29) is 6.42 Å². The van der Waals surface area contributed by atoms with E-state index in [2.05, 4.69) is 10.2 Å². The van der Waals surface area contributed by atoms with Crippen molar-refractivity contribution >= 4 is 5.97 Å². The summed E-state index contributed by atoms with van der Waals surface area (Å²) in [6.07, 6.45) is 3.08. The smallest absolute Gasteiger partial charge is 0.307 e. The van der Waals surface area contributed by atoms with Gasteiger partial charge in [0.05, 0.1) is 12.1 Å². The van der Waals surface area contributed by atoms with E-state index in [1.807, 2.05) is 18.2 Å². The maximum atomic E-state index is 10.7. The standard InChI is InChI=1S/C10H9N3O2/c14-10(15)5-8-3-1-2-4-9(8)13-6-11-12-7-13/h1-4,6-7H,5H2,(H,14,15). The van der Waals surface area contributed by atoms with Crippen LogP contribution >= 0.6 is 0 Å². The van der Waals surface area contributed by atoms with Crippen LogP contribution in [-0.2, 0) is 11.2 Å². The van der Waals surface area contributed by atoms with Crippen molar-refractivity contribution in [3.8, 4) is 5.69 Å². The lowest BCUT2D eigenvalue weighted by molar-refractivity contribution is -0.136. The second-order valence-electron chi connectivity index (χ2n) is 3.07. The molecule has 0 atom stereocenters. The minimum absolute atomic E-state index is 0.00560. The first kappa shape index (κ1) is 9.39. The molecule has 0 radical (unpaired) electrons. The molecule has 0 saturated heterocycles. The zero-order chi connectivity index (χ0) is 10.7. The number of aromatic nitrogens is 3. The molecule has 1 aromatic carbocycles. The molecule has 1 aromatic heterocycles. The van der Waals surface area contributed by atoms with Gasteiger partial charge in [-0.3, -0.25) is 9.36 Å². The van der Waals surface area contributed by atoms with Gasteiger partial charge < -0.3 is 5.11 Å². The largest absolute Gasteiger partial charge is 0.481 e. The summed E-state index contributed by atoms with van der Waals surface area (Å²) in [5, 5.41) is 16.1. The highest BCUT2D eigenvalue weighted by atomic mass is 16.4. The highest BCUT2D eigenvalue weighted by molar-refractivity contribution is 5.71. The fourth-order valence-corrected chi connectivity index (χ4v) is 1.40. The highest BCUT2D eigenvalue weighted by Crippen LogP contribution is 2.13. The summed E-state index contributed by atoms with van der Waals surface area (Å²) >= 11 is 0. The molecule has 0 aliphatic rings. The van der Waals surface area contributed by atoms with E-state index in [1.54, 1.807) is 23.3 Å². The van der Waals surface area contributed by atoms with Crippen LogP contribution in [0.4, 0.5) is 0 Å². The number of hydrogen-bond acceptors (Lipinski definition) is 3. The molecule has 0 amide bonds. The van der Waals surface area contributed by atoms with E-state index in [1.165, 1.54) is 0 Å². The van der Waals surface area contributed by atoms with Gasteiger partial charge in [0, 0.05) is 0 Å². The third-order valence-electron chi connectivity index (χ3n) is 2.03. The molecule has 0 aliphatic heterocycles. The van der Waals surface area contributed by atoms with Crippen LogP contribution in [0.15, 0.2) is 36.9 Å². The van der Waals surface area contributed by atoms with Gasteiger partial charge in [-0.1, -0.05) is 18.2 Å². The normalized spacial score (nSPS) is 10.1. The van der Waals surface area contributed by atoms with Crippen molar-refractivity contribution in [2.75, 3.05) is 0 Å². The number of carboxylic acid groups (broad SMARTS) is 1. The number of benzene rings is 1. The molecule has 1 heterocycles. The first-order valence-corrected chi connectivity index (χ1v) is 4.42. The summed E-state index contributed by atoms with van der Waals surface area (Å²) in [5.41, 5.74) is 1.54. The average Bonchev–Trinajstić information content (AvgIpc) is 2.70. The van der Waals surface area contributed by atoms with Crippen LogP contribution in [0, 0.1) is 0 Å². The van der Waals surface area contributed by atoms with Gasteiger partial charge in [0.25, 0.3) is 0 Å². The van der Waals surface area contributed by atoms with Crippen LogP contribution in [0.1, 0.15) is 5.56 Å². The van der Waals surface area contributed by atoms with Crippen LogP contribution in [0.3, 0.4) is 0 Å². The van der Waals surface area contributed by atoms with Crippen LogP contribution in [0.5, 0.6) is 0 Å². The molecule has 0 fully saturated rings. The van der Waals surface area contributed by atoms with Gasteiger partial charge >= 0.3 is 5.97 Å². The lowest BCUT2D eigenvalue weighted by Gasteiger charge is -2.06. The SMILES string of the molecule is O=C(O)Cc1ccccc1-n1cnnc1. The van der Waals surface area contributed by atoms with Crippen LogP contribution in [0.2, 0.25) is 0 Å². The molecule has 0 saturated carbocycles. The predicted molar refractivity (Wildman–Crippen MR) is 52.7 cm³/mol. The third-order valence-corrected chi connectivity index (χ3v) is 2.03. The van der Waals surface area contributed by atoms with Crippen LogP contribution in [-0.4, -0.2) is 25.8 Å². The topological polar surface area (TPSA) is 68.0 Å². The van der Waals surface area contributed by atoms with E-state index < -0.39 is 5.97 Å². The van der Waals surface area contributed by atoms with E-state index in [9.17, 15) is 4.79 Å². The molecular formula is C10H9N3O2. The Balaban J connectivity index is 2.42. The van der Waals surface area contributed by atoms with Crippen molar-refractivity contribution in [1.82, 2.24) is 14.8 Å². The Bertz CT molecular complexity index is 465. The molecule has 2 rings (SSSR count). The first-order valence-electron chi connectivity index (χ1n) is 4.42. The Morgan fingerprint density at radius 2 is 1.93 bits per heavy atom. The van der Waals surface area contributed by atoms with E-state index in [4.69, 9.17) is 5.11 Å². The molecule has 0 spiro atoms. The Kier molecular flexibility index (Phi) is 2.45. The lowest BCUT2D eigenvalue weighted by atomic mass is 10.1. The second-order valence-corrected chi connectivity index (χ2v) is 3.07. The summed E-state index contributed by atoms with van der Waals surface area (Å²) in [6.45, 7) is 0. The van der Waals surface area contributed by atoms with Gasteiger partial charge in [-0.05, 0) is 11.6 Å². The van der Waals surface area contributed by atoms with Crippen molar-refractivity contribution in [2.24, 2.45) is 0 Å². The predicted octanol–water partition coefficient (Wildman–Crippen LogP) is 0.894. The summed E-state index contributed by atoms with van der Waals surface area (Å²) in [5.74, 6) is -0.851. The Hall–Kier alpha value is -2.17. The molecule has 5 heteroatoms. The quantitative estimate of drug-likeness (QED) is 0.804. The molecule has 15 heavy (non-hydrogen) atoms. The minimum atomic E-state index is -0.851. The number of carboxylic acids is 1. The molecule has 0 bridgehead atoms. The average molecular weight is 203 g/mol. The van der Waals surface area contributed by atoms with Crippen molar-refractivity contribution in [2.45, 2.75) is 6.42 Å². The zero-order valence-corrected chi connectivity index (χ0v) is 7.87. The van der Waals surface area contributed by atoms with Crippen molar-refractivity contribution in [3.63, 3.8) is 0 Å². The summed E-state index contributed by atoms with van der Waals surface area (Å²) in [4.78, 5) is 10.7. The molecule has 76 valence electrons. The Labute approximate surface area is 86.0 Å². The van der Waals surface area contributed by atoms with Gasteiger partial charge in [0.2, 0.25) is 0 Å². The second kappa shape index (κ2) is 3.91. The van der Waals surface area contributed by atoms with Crippen molar-refractivity contribution in [1.29, 1.82) is 0 Å². The maximum Gasteiger partial charge on any atom is 0.307 e. The first-order chi connectivity index (χ1) is 7.27. The summed E-state index contributed by atoms with van der Waals surface area (Å²) in [6, 6.07) is 7.28. The Morgan fingerprint density at radius 1 is 1.27 bits per heavy atom. The van der Waals surface area contributed by atoms with E-state index >= 15 is 0 Å². The van der Waals surface area contributed by atoms with Gasteiger partial charge in [0.1, 0.15) is 12.7 Å².